The predicted octanol–water partition coefficient (Wildman–Crippen LogP) is 7.61. The van der Waals surface area contributed by atoms with Crippen molar-refractivity contribution < 1.29 is 0 Å². The van der Waals surface area contributed by atoms with E-state index in [0.717, 1.165) is 52.4 Å². The Bertz CT molecular complexity index is 692. The van der Waals surface area contributed by atoms with Crippen molar-refractivity contribution in [1.82, 2.24) is 21.3 Å². The number of thioether (sulfide) groups is 2. The normalized spacial score (nSPS) is 10.1. The van der Waals surface area contributed by atoms with Gasteiger partial charge in [-0.15, -0.1) is 73.2 Å². The van der Waals surface area contributed by atoms with Gasteiger partial charge < -0.3 is 21.3 Å². The summed E-state index contributed by atoms with van der Waals surface area (Å²) in [5.74, 6) is 0. The molecular formula is C29H52Cl4N4S2. The molecule has 0 aliphatic carbocycles. The van der Waals surface area contributed by atoms with Crippen LogP contribution in [0.3, 0.4) is 0 Å². The second-order valence-electron chi connectivity index (χ2n) is 9.02. The second kappa shape index (κ2) is 31.1. The molecule has 0 heterocycles. The van der Waals surface area contributed by atoms with Crippen molar-refractivity contribution in [1.29, 1.82) is 0 Å². The molecular weight excluding hydrogens is 610 g/mol. The van der Waals surface area contributed by atoms with Crippen LogP contribution >= 0.6 is 73.2 Å². The van der Waals surface area contributed by atoms with Crippen LogP contribution in [0.25, 0.3) is 0 Å². The van der Waals surface area contributed by atoms with E-state index in [1.54, 1.807) is 23.5 Å². The van der Waals surface area contributed by atoms with Gasteiger partial charge in [-0.2, -0.15) is 0 Å². The highest BCUT2D eigenvalue weighted by molar-refractivity contribution is 7.98. The molecule has 228 valence electrons. The van der Waals surface area contributed by atoms with Gasteiger partial charge in [-0.25, -0.2) is 0 Å². The number of benzene rings is 2. The molecule has 0 saturated heterocycles. The third-order valence-electron chi connectivity index (χ3n) is 6.10. The molecule has 0 unspecified atom stereocenters. The summed E-state index contributed by atoms with van der Waals surface area (Å²) in [6, 6.07) is 17.7. The molecule has 0 amide bonds. The Morgan fingerprint density at radius 2 is 0.718 bits per heavy atom. The lowest BCUT2D eigenvalue weighted by atomic mass is 10.1. The van der Waals surface area contributed by atoms with E-state index in [1.807, 2.05) is 0 Å². The molecule has 2 aromatic rings. The van der Waals surface area contributed by atoms with Gasteiger partial charge in [0.05, 0.1) is 0 Å². The maximum atomic E-state index is 3.59. The number of halogens is 4. The lowest BCUT2D eigenvalue weighted by Gasteiger charge is -2.08. The van der Waals surface area contributed by atoms with E-state index in [0.29, 0.717) is 0 Å². The highest BCUT2D eigenvalue weighted by Crippen LogP contribution is 2.15. The fraction of sp³-hybridized carbons (Fsp3) is 0.586. The van der Waals surface area contributed by atoms with E-state index in [9.17, 15) is 0 Å². The molecule has 2 aromatic carbocycles. The van der Waals surface area contributed by atoms with Gasteiger partial charge in [0, 0.05) is 22.9 Å². The van der Waals surface area contributed by atoms with Crippen molar-refractivity contribution in [3.63, 3.8) is 0 Å². The van der Waals surface area contributed by atoms with Gasteiger partial charge >= 0.3 is 0 Å². The lowest BCUT2D eigenvalue weighted by molar-refractivity contribution is 0.537. The summed E-state index contributed by atoms with van der Waals surface area (Å²) in [6.45, 7) is 8.62. The fourth-order valence-electron chi connectivity index (χ4n) is 3.91. The first-order valence-electron chi connectivity index (χ1n) is 13.4. The monoisotopic (exact) mass is 660 g/mol. The Kier molecular flexibility index (Phi) is 34.7. The number of nitrogens with one attached hydrogen (secondary N) is 4. The number of rotatable bonds is 22. The zero-order valence-corrected chi connectivity index (χ0v) is 28.6. The van der Waals surface area contributed by atoms with Gasteiger partial charge in [-0.05, 0) is 113 Å². The first kappa shape index (κ1) is 43.6. The topological polar surface area (TPSA) is 48.1 Å². The summed E-state index contributed by atoms with van der Waals surface area (Å²) in [5.41, 5.74) is 2.73. The fourth-order valence-corrected chi connectivity index (χ4v) is 4.73. The summed E-state index contributed by atoms with van der Waals surface area (Å²) in [6.07, 6.45) is 13.3. The van der Waals surface area contributed by atoms with E-state index in [-0.39, 0.29) is 49.6 Å². The summed E-state index contributed by atoms with van der Waals surface area (Å²) >= 11 is 3.59. The van der Waals surface area contributed by atoms with Crippen molar-refractivity contribution in [2.24, 2.45) is 0 Å². The molecule has 2 rings (SSSR count). The Labute approximate surface area is 272 Å². The van der Waals surface area contributed by atoms with Crippen LogP contribution in [0.1, 0.15) is 56.1 Å². The predicted molar refractivity (Wildman–Crippen MR) is 187 cm³/mol. The summed E-state index contributed by atoms with van der Waals surface area (Å²) in [7, 11) is 0. The molecule has 0 atom stereocenters. The summed E-state index contributed by atoms with van der Waals surface area (Å²) < 4.78 is 0. The molecule has 0 saturated carbocycles. The Morgan fingerprint density at radius 1 is 0.410 bits per heavy atom. The van der Waals surface area contributed by atoms with Gasteiger partial charge in [0.25, 0.3) is 0 Å². The lowest BCUT2D eigenvalue weighted by Crippen LogP contribution is -2.22. The van der Waals surface area contributed by atoms with Crippen LogP contribution in [0, 0.1) is 0 Å². The highest BCUT2D eigenvalue weighted by atomic mass is 35.5. The van der Waals surface area contributed by atoms with Gasteiger partial charge in [-0.1, -0.05) is 43.5 Å². The zero-order valence-electron chi connectivity index (χ0n) is 23.7. The minimum Gasteiger partial charge on any atom is -0.317 e. The first-order valence-corrected chi connectivity index (χ1v) is 15.9. The van der Waals surface area contributed by atoms with E-state index in [1.165, 1.54) is 65.9 Å². The molecule has 0 aliphatic heterocycles. The molecule has 10 heteroatoms. The van der Waals surface area contributed by atoms with E-state index in [4.69, 9.17) is 0 Å². The number of unbranched alkanes of at least 4 members (excludes halogenated alkanes) is 4. The molecule has 0 bridgehead atoms. The maximum absolute atomic E-state index is 3.59. The summed E-state index contributed by atoms with van der Waals surface area (Å²) in [4.78, 5) is 2.66. The molecule has 0 aliphatic rings. The third kappa shape index (κ3) is 23.4. The van der Waals surface area contributed by atoms with Crippen LogP contribution in [0.5, 0.6) is 0 Å². The van der Waals surface area contributed by atoms with E-state index < -0.39 is 0 Å². The number of hydrogen-bond donors (Lipinski definition) is 4. The smallest absolute Gasteiger partial charge is 0.0205 e. The Morgan fingerprint density at radius 3 is 1.08 bits per heavy atom. The molecule has 0 spiro atoms. The third-order valence-corrected chi connectivity index (χ3v) is 7.58. The Hall–Kier alpha value is 0.140. The second-order valence-corrected chi connectivity index (χ2v) is 10.8. The van der Waals surface area contributed by atoms with Crippen molar-refractivity contribution in [3.05, 3.63) is 59.7 Å². The minimum atomic E-state index is 0. The molecule has 4 N–H and O–H groups in total. The van der Waals surface area contributed by atoms with E-state index in [2.05, 4.69) is 82.3 Å². The van der Waals surface area contributed by atoms with Gasteiger partial charge in [0.1, 0.15) is 0 Å². The quantitative estimate of drug-likeness (QED) is 0.0770. The van der Waals surface area contributed by atoms with Crippen LogP contribution < -0.4 is 21.3 Å². The van der Waals surface area contributed by atoms with Crippen molar-refractivity contribution >= 4 is 73.2 Å². The van der Waals surface area contributed by atoms with Crippen molar-refractivity contribution in [2.75, 3.05) is 51.8 Å². The standard InChI is InChI=1S/C29H48N4S2.4ClH/c1-34-28-14-10-26(11-15-28)24-32-22-8-20-30-18-6-4-3-5-7-19-31-21-9-23-33-25-27-12-16-29(35-2)17-13-27;;;;/h10-17,30-33H,3-9,18-25H2,1-2H3;4*1H. The van der Waals surface area contributed by atoms with E-state index >= 15 is 0 Å². The van der Waals surface area contributed by atoms with Gasteiger partial charge in [-0.3, -0.25) is 0 Å². The van der Waals surface area contributed by atoms with Crippen LogP contribution in [-0.4, -0.2) is 51.8 Å². The average molecular weight is 663 g/mol. The maximum Gasteiger partial charge on any atom is 0.0205 e. The minimum absolute atomic E-state index is 0. The SMILES string of the molecule is CSc1ccc(CNCCCNCCCCCCCNCCCNCc2ccc(SC)cc2)cc1.Cl.Cl.Cl.Cl. The van der Waals surface area contributed by atoms with Crippen molar-refractivity contribution in [2.45, 2.75) is 67.8 Å². The first-order chi connectivity index (χ1) is 17.3. The number of hydrogen-bond acceptors (Lipinski definition) is 6. The molecule has 0 radical (unpaired) electrons. The van der Waals surface area contributed by atoms with Crippen LogP contribution in [0.2, 0.25) is 0 Å². The van der Waals surface area contributed by atoms with Crippen LogP contribution in [0.4, 0.5) is 0 Å². The summed E-state index contributed by atoms with van der Waals surface area (Å²) in [5, 5.41) is 14.3. The molecule has 39 heavy (non-hydrogen) atoms. The van der Waals surface area contributed by atoms with Gasteiger partial charge in [0.15, 0.2) is 0 Å². The van der Waals surface area contributed by atoms with Crippen LogP contribution in [0.15, 0.2) is 58.3 Å². The van der Waals surface area contributed by atoms with Crippen LogP contribution in [-0.2, 0) is 13.1 Å². The van der Waals surface area contributed by atoms with Gasteiger partial charge in [0.2, 0.25) is 0 Å². The largest absolute Gasteiger partial charge is 0.317 e. The molecule has 0 aromatic heterocycles. The molecule has 4 nitrogen and oxygen atoms in total. The van der Waals surface area contributed by atoms with Crippen molar-refractivity contribution in [3.8, 4) is 0 Å². The Balaban J connectivity index is -0.00000324. The highest BCUT2D eigenvalue weighted by Gasteiger charge is 1.96. The molecule has 0 fully saturated rings. The average Bonchev–Trinajstić information content (AvgIpc) is 2.90. The zero-order chi connectivity index (χ0) is 24.8.